The van der Waals surface area contributed by atoms with E-state index in [1.807, 2.05) is 72.7 Å². The van der Waals surface area contributed by atoms with Crippen molar-refractivity contribution in [1.29, 1.82) is 0 Å². The summed E-state index contributed by atoms with van der Waals surface area (Å²) in [5, 5.41) is 31.5. The molecule has 0 saturated heterocycles. The van der Waals surface area contributed by atoms with Crippen LogP contribution in [0.15, 0.2) is 144 Å². The molecule has 9 N–H and O–H groups in total. The molecule has 0 radical (unpaired) electrons. The minimum Gasteiger partial charge on any atom is -0.383 e. The van der Waals surface area contributed by atoms with Crippen molar-refractivity contribution in [2.24, 2.45) is 16.2 Å². The van der Waals surface area contributed by atoms with Gasteiger partial charge in [-0.1, -0.05) is 113 Å². The molecule has 6 aromatic carbocycles. The number of nitrogens with one attached hydrogen (secondary N) is 9. The van der Waals surface area contributed by atoms with Crippen molar-refractivity contribution in [2.75, 3.05) is 37.2 Å². The van der Waals surface area contributed by atoms with E-state index in [0.29, 0.717) is 24.2 Å². The highest BCUT2D eigenvalue weighted by molar-refractivity contribution is 6.06. The monoisotopic (exact) mass is 1510 g/mol. The molecule has 608 valence electrons. The van der Waals surface area contributed by atoms with Gasteiger partial charge in [-0.25, -0.2) is 0 Å². The Morgan fingerprint density at radius 1 is 0.324 bits per heavy atom. The number of ketones is 3. The minimum absolute atomic E-state index is 0.0373. The van der Waals surface area contributed by atoms with E-state index in [1.54, 1.807) is 0 Å². The first-order valence-corrected chi connectivity index (χ1v) is 41.4. The number of hydrogen-bond acceptors (Lipinski definition) is 12. The number of fused-ring (bicyclic) bond motifs is 4. The lowest BCUT2D eigenvalue weighted by molar-refractivity contribution is -0.124. The number of carbonyl (C=O) groups is 3. The molecule has 4 aliphatic rings. The molecule has 111 heavy (non-hydrogen) atoms. The van der Waals surface area contributed by atoms with Gasteiger partial charge in [0.2, 0.25) is 0 Å². The fourth-order valence-electron chi connectivity index (χ4n) is 12.9. The summed E-state index contributed by atoms with van der Waals surface area (Å²) in [6, 6.07) is 43.7. The number of allylic oxidation sites excluding steroid dienone is 4. The lowest BCUT2D eigenvalue weighted by Gasteiger charge is -2.26. The largest absolute Gasteiger partial charge is 0.383 e. The van der Waals surface area contributed by atoms with Crippen LogP contribution in [0.4, 0.5) is 39.8 Å². The van der Waals surface area contributed by atoms with Gasteiger partial charge in [0, 0.05) is 162 Å². The van der Waals surface area contributed by atoms with E-state index in [2.05, 4.69) is 342 Å². The van der Waals surface area contributed by atoms with Crippen LogP contribution < -0.4 is 47.9 Å². The Bertz CT molecular complexity index is 4150. The molecule has 10 rings (SSSR count). The molecule has 12 heteroatoms. The number of carbonyl (C=O) groups excluding carboxylic acids is 3. The van der Waals surface area contributed by atoms with Crippen LogP contribution in [0.25, 0.3) is 24.3 Å². The average molecular weight is 1510 g/mol. The zero-order chi connectivity index (χ0) is 83.6. The van der Waals surface area contributed by atoms with Crippen LogP contribution in [0.2, 0.25) is 0 Å². The van der Waals surface area contributed by atoms with Crippen molar-refractivity contribution in [3.05, 3.63) is 194 Å². The molecule has 6 aromatic rings. The molecule has 0 fully saturated rings. The Balaban J connectivity index is 0.000000239. The van der Waals surface area contributed by atoms with Crippen LogP contribution in [0.5, 0.6) is 0 Å². The predicted octanol–water partition coefficient (Wildman–Crippen LogP) is 25.5. The summed E-state index contributed by atoms with van der Waals surface area (Å²) in [4.78, 5) is 37.2. The maximum Gasteiger partial charge on any atom is 0.168 e. The Kier molecular flexibility index (Phi) is 33.0. The van der Waals surface area contributed by atoms with Crippen molar-refractivity contribution in [1.82, 2.24) is 10.6 Å². The van der Waals surface area contributed by atoms with Crippen molar-refractivity contribution in [2.45, 2.75) is 325 Å². The Labute approximate surface area is 674 Å². The standard InChI is InChI=1S/2C18H25NO.2C17H26N2.C15H23NO.C14H24N2/c1-6-18(4,5)17(20)15-9-13-7-8-16(19-12(2)3)11-14(13)10-15;1-6-18(4,5)17(20)14-10-13-8-7-9-16(15(13)11-14)19-12(2)3;1-6-17(4,5)19-16-9-13-7-8-15(18-12(2)3)10-14(13)11-16;1-6-17(4,5)19-14-10-13-8-7-9-16(15(13)11-14)18-12(2)3;1-14(2,3)13(17)11-7-9-12(10-8-11)16-15(4,5)6;1-13(2,3)15-11-7-9-12(10-8-11)16-14(4,5)6/h7-8,10-12,19H,6,9H2,1-5H3;7-10,12,19H,6,11H2,1-5H3;7-8,10-12,18-19H,6,9H2,1-5H3;7-10,12,18-19H,6,11H2,1-5H3;7-10,16H,1-6H3;7-10,15-16H,1-6H3. The molecule has 0 aliphatic heterocycles. The summed E-state index contributed by atoms with van der Waals surface area (Å²) in [7, 11) is 0. The molecule has 4 aliphatic carbocycles. The summed E-state index contributed by atoms with van der Waals surface area (Å²) in [5.41, 5.74) is 23.7. The Morgan fingerprint density at radius 2 is 0.649 bits per heavy atom. The molecule has 0 spiro atoms. The molecule has 0 aromatic heterocycles. The van der Waals surface area contributed by atoms with Crippen LogP contribution in [0.1, 0.15) is 302 Å². The summed E-state index contributed by atoms with van der Waals surface area (Å²) < 4.78 is 0. The van der Waals surface area contributed by atoms with Crippen LogP contribution in [-0.2, 0) is 35.3 Å². The summed E-state index contributed by atoms with van der Waals surface area (Å²) in [5.74, 6) is 0.751. The van der Waals surface area contributed by atoms with Crippen LogP contribution in [0, 0.1) is 16.2 Å². The third-order valence-electron chi connectivity index (χ3n) is 19.9. The first-order valence-electron chi connectivity index (χ1n) is 41.4. The molecular weight excluding hydrogens is 1360 g/mol. The number of hydrogen-bond donors (Lipinski definition) is 9. The summed E-state index contributed by atoms with van der Waals surface area (Å²) in [6.45, 7) is 68.1. The highest BCUT2D eigenvalue weighted by Gasteiger charge is 2.33. The molecule has 0 unspecified atom stereocenters. The number of anilines is 7. The minimum atomic E-state index is -0.320. The van der Waals surface area contributed by atoms with Crippen LogP contribution >= 0.6 is 0 Å². The molecule has 0 amide bonds. The van der Waals surface area contributed by atoms with Crippen LogP contribution in [0.3, 0.4) is 0 Å². The highest BCUT2D eigenvalue weighted by Crippen LogP contribution is 2.39. The van der Waals surface area contributed by atoms with Gasteiger partial charge in [-0.05, 0) is 325 Å². The molecular formula is C99H149N9O3. The fraction of sp³-hybridized carbons (Fsp3) is 0.525. The predicted molar refractivity (Wildman–Crippen MR) is 487 cm³/mol. The van der Waals surface area contributed by atoms with Gasteiger partial charge in [-0.2, -0.15) is 0 Å². The number of rotatable bonds is 24. The fourth-order valence-corrected chi connectivity index (χ4v) is 12.9. The number of benzene rings is 6. The molecule has 0 saturated carbocycles. The van der Waals surface area contributed by atoms with E-state index in [0.717, 1.165) is 96.5 Å². The van der Waals surface area contributed by atoms with Gasteiger partial charge in [-0.3, -0.25) is 14.4 Å². The van der Waals surface area contributed by atoms with E-state index in [4.69, 9.17) is 0 Å². The molecule has 0 bridgehead atoms. The molecule has 0 heterocycles. The third kappa shape index (κ3) is 30.8. The van der Waals surface area contributed by atoms with Gasteiger partial charge in [0.15, 0.2) is 17.3 Å². The smallest absolute Gasteiger partial charge is 0.168 e. The zero-order valence-corrected chi connectivity index (χ0v) is 75.0. The molecule has 12 nitrogen and oxygen atoms in total. The van der Waals surface area contributed by atoms with Gasteiger partial charge >= 0.3 is 0 Å². The lowest BCUT2D eigenvalue weighted by atomic mass is 9.81. The quantitative estimate of drug-likeness (QED) is 0.0265. The van der Waals surface area contributed by atoms with Gasteiger partial charge in [0.25, 0.3) is 0 Å². The Hall–Kier alpha value is -8.51. The number of Topliss-reactive ketones (excluding diaryl/α,β-unsaturated/α-hetero) is 3. The topological polar surface area (TPSA) is 159 Å². The maximum atomic E-state index is 12.6. The van der Waals surface area contributed by atoms with E-state index in [-0.39, 0.29) is 61.3 Å². The second-order valence-corrected chi connectivity index (χ2v) is 38.9. The van der Waals surface area contributed by atoms with Crippen molar-refractivity contribution >= 4 is 81.5 Å². The van der Waals surface area contributed by atoms with E-state index in [1.165, 1.54) is 67.3 Å². The summed E-state index contributed by atoms with van der Waals surface area (Å²) in [6.07, 6.45) is 16.3. The maximum absolute atomic E-state index is 12.6. The van der Waals surface area contributed by atoms with E-state index < -0.39 is 0 Å². The summed E-state index contributed by atoms with van der Waals surface area (Å²) >= 11 is 0. The van der Waals surface area contributed by atoms with Gasteiger partial charge in [0.1, 0.15) is 0 Å². The molecule has 0 atom stereocenters. The van der Waals surface area contributed by atoms with Crippen molar-refractivity contribution in [3.63, 3.8) is 0 Å². The second kappa shape index (κ2) is 39.3. The van der Waals surface area contributed by atoms with Crippen molar-refractivity contribution in [3.8, 4) is 0 Å². The first-order chi connectivity index (χ1) is 51.2. The van der Waals surface area contributed by atoms with E-state index in [9.17, 15) is 14.4 Å². The average Bonchev–Trinajstić information content (AvgIpc) is 1.66. The van der Waals surface area contributed by atoms with Crippen LogP contribution in [-0.4, -0.2) is 69.2 Å². The van der Waals surface area contributed by atoms with Gasteiger partial charge in [-0.15, -0.1) is 0 Å². The zero-order valence-electron chi connectivity index (χ0n) is 75.0. The van der Waals surface area contributed by atoms with E-state index >= 15 is 0 Å². The Morgan fingerprint density at radius 3 is 1.02 bits per heavy atom. The lowest BCUT2D eigenvalue weighted by Crippen LogP contribution is -2.37. The highest BCUT2D eigenvalue weighted by atomic mass is 16.1. The normalized spacial score (nSPS) is 13.7. The van der Waals surface area contributed by atoms with Gasteiger partial charge in [0.05, 0.1) is 0 Å². The second-order valence-electron chi connectivity index (χ2n) is 38.9. The third-order valence-corrected chi connectivity index (χ3v) is 19.9. The SMILES string of the molecule is CC(C)(C)Nc1ccc(C(=O)C(C)(C)C)cc1.CC(C)(C)Nc1ccc(NC(C)(C)C)cc1.CCC(C)(C)C(=O)C1=Cc2cc(NC(C)C)ccc2C1.CCC(C)(C)C(=O)C1=Cc2cccc(NC(C)C)c2C1.CCC(C)(C)NC1=Cc2cc(NC(C)C)ccc2C1.CCC(C)(C)NC1=Cc2cccc(NC(C)C)c2C1. The van der Waals surface area contributed by atoms with Crippen molar-refractivity contribution < 1.29 is 14.4 Å². The van der Waals surface area contributed by atoms with Gasteiger partial charge < -0.3 is 47.9 Å². The first kappa shape index (κ1) is 93.1.